The van der Waals surface area contributed by atoms with Gasteiger partial charge in [-0.05, 0) is 23.3 Å². The van der Waals surface area contributed by atoms with Gasteiger partial charge in [0.15, 0.2) is 17.3 Å². The van der Waals surface area contributed by atoms with Gasteiger partial charge in [0.05, 0.1) is 51.9 Å². The fraction of sp³-hybridized carbons (Fsp3) is 0.333. The topological polar surface area (TPSA) is 83.1 Å². The van der Waals surface area contributed by atoms with Crippen molar-refractivity contribution in [2.45, 2.75) is 12.0 Å². The second-order valence-corrected chi connectivity index (χ2v) is 6.71. The van der Waals surface area contributed by atoms with E-state index in [9.17, 15) is 9.59 Å². The predicted octanol–water partition coefficient (Wildman–Crippen LogP) is 2.95. The van der Waals surface area contributed by atoms with Gasteiger partial charge < -0.3 is 24.3 Å². The van der Waals surface area contributed by atoms with E-state index in [4.69, 9.17) is 18.9 Å². The molecule has 1 aliphatic heterocycles. The van der Waals surface area contributed by atoms with Crippen molar-refractivity contribution < 1.29 is 28.5 Å². The van der Waals surface area contributed by atoms with Crippen LogP contribution in [0, 0.1) is 5.92 Å². The highest BCUT2D eigenvalue weighted by Crippen LogP contribution is 2.56. The summed E-state index contributed by atoms with van der Waals surface area (Å²) in [5.74, 6) is -0.870. The number of nitrogens with one attached hydrogen (secondary N) is 1. The molecule has 7 heteroatoms. The van der Waals surface area contributed by atoms with Crippen LogP contribution in [0.25, 0.3) is 0 Å². The molecule has 0 spiro atoms. The first-order valence-corrected chi connectivity index (χ1v) is 8.87. The van der Waals surface area contributed by atoms with Gasteiger partial charge in [-0.15, -0.1) is 0 Å². The van der Waals surface area contributed by atoms with Gasteiger partial charge in [0.1, 0.15) is 0 Å². The van der Waals surface area contributed by atoms with Crippen LogP contribution in [0.5, 0.6) is 17.2 Å². The lowest BCUT2D eigenvalue weighted by Gasteiger charge is -2.34. The molecular formula is C21H21NO6. The van der Waals surface area contributed by atoms with Crippen molar-refractivity contribution in [3.63, 3.8) is 0 Å². The molecule has 1 heterocycles. The van der Waals surface area contributed by atoms with E-state index < -0.39 is 23.8 Å². The van der Waals surface area contributed by atoms with Gasteiger partial charge in [-0.3, -0.25) is 9.59 Å². The summed E-state index contributed by atoms with van der Waals surface area (Å²) in [6.07, 6.45) is 0. The number of Topliss-reactive ketones (excluding diaryl/α,β-unsaturated/α-hetero) is 1. The van der Waals surface area contributed by atoms with Gasteiger partial charge in [-0.1, -0.05) is 18.2 Å². The summed E-state index contributed by atoms with van der Waals surface area (Å²) in [5, 5.41) is 3.41. The van der Waals surface area contributed by atoms with Crippen LogP contribution in [0.4, 0.5) is 5.69 Å². The normalized spacial score (nSPS) is 21.7. The Kier molecular flexibility index (Phi) is 4.37. The van der Waals surface area contributed by atoms with E-state index in [1.54, 1.807) is 6.07 Å². The van der Waals surface area contributed by atoms with E-state index in [-0.39, 0.29) is 5.78 Å². The summed E-state index contributed by atoms with van der Waals surface area (Å²) in [5.41, 5.74) is 2.67. The van der Waals surface area contributed by atoms with Crippen LogP contribution in [0.1, 0.15) is 33.4 Å². The number of methoxy groups -OCH3 is 4. The summed E-state index contributed by atoms with van der Waals surface area (Å²) < 4.78 is 21.5. The van der Waals surface area contributed by atoms with Crippen molar-refractivity contribution in [2.75, 3.05) is 33.8 Å². The Morgan fingerprint density at radius 3 is 2.32 bits per heavy atom. The molecule has 0 saturated heterocycles. The maximum atomic E-state index is 13.5. The average Bonchev–Trinajstić information content (AvgIpc) is 3.01. The van der Waals surface area contributed by atoms with Gasteiger partial charge in [0.25, 0.3) is 0 Å². The fourth-order valence-electron chi connectivity index (χ4n) is 4.36. The molecular weight excluding hydrogens is 362 g/mol. The number of hydrogen-bond acceptors (Lipinski definition) is 7. The Hall–Kier alpha value is -3.22. The summed E-state index contributed by atoms with van der Waals surface area (Å²) in [4.78, 5) is 26.2. The molecule has 2 aromatic carbocycles. The SMILES string of the molecule is COC(=O)[C@H]1c2ccccc2N[C@H]2c3cc(OC)c(OC)c(OC)c3C(=O)[C@H]21. The first-order valence-electron chi connectivity index (χ1n) is 8.87. The summed E-state index contributed by atoms with van der Waals surface area (Å²) in [6, 6.07) is 8.82. The molecule has 0 unspecified atom stereocenters. The molecule has 4 rings (SSSR count). The third-order valence-electron chi connectivity index (χ3n) is 5.52. The monoisotopic (exact) mass is 383 g/mol. The molecule has 0 amide bonds. The van der Waals surface area contributed by atoms with Gasteiger partial charge in [-0.25, -0.2) is 0 Å². The standard InChI is InChI=1S/C21H21NO6/c1-25-13-9-11-15(20(27-3)19(13)26-2)18(23)16-14(21(24)28-4)10-7-5-6-8-12(10)22-17(11)16/h5-9,14,16-17,22H,1-4H3/t14-,16-,17-/m0/s1. The average molecular weight is 383 g/mol. The predicted molar refractivity (Wildman–Crippen MR) is 101 cm³/mol. The number of ketones is 1. The van der Waals surface area contributed by atoms with Crippen molar-refractivity contribution in [1.29, 1.82) is 0 Å². The smallest absolute Gasteiger partial charge is 0.314 e. The highest BCUT2D eigenvalue weighted by Gasteiger charge is 2.53. The van der Waals surface area contributed by atoms with E-state index in [2.05, 4.69) is 5.32 Å². The van der Waals surface area contributed by atoms with E-state index >= 15 is 0 Å². The Morgan fingerprint density at radius 1 is 0.964 bits per heavy atom. The number of carbonyl (C=O) groups is 2. The first-order chi connectivity index (χ1) is 13.6. The molecule has 0 bridgehead atoms. The number of ether oxygens (including phenoxy) is 4. The number of esters is 1. The molecule has 1 aliphatic carbocycles. The molecule has 0 radical (unpaired) electrons. The van der Waals surface area contributed by atoms with E-state index in [1.807, 2.05) is 24.3 Å². The fourth-order valence-corrected chi connectivity index (χ4v) is 4.36. The minimum absolute atomic E-state index is 0.185. The van der Waals surface area contributed by atoms with E-state index in [1.165, 1.54) is 28.4 Å². The lowest BCUT2D eigenvalue weighted by molar-refractivity contribution is -0.143. The maximum Gasteiger partial charge on any atom is 0.314 e. The minimum atomic E-state index is -0.714. The molecule has 28 heavy (non-hydrogen) atoms. The second kappa shape index (κ2) is 6.74. The second-order valence-electron chi connectivity index (χ2n) is 6.71. The zero-order valence-corrected chi connectivity index (χ0v) is 16.1. The molecule has 3 atom stereocenters. The van der Waals surface area contributed by atoms with Gasteiger partial charge in [0.2, 0.25) is 5.75 Å². The lowest BCUT2D eigenvalue weighted by atomic mass is 9.77. The summed E-state index contributed by atoms with van der Waals surface area (Å²) >= 11 is 0. The minimum Gasteiger partial charge on any atom is -0.493 e. The summed E-state index contributed by atoms with van der Waals surface area (Å²) in [7, 11) is 5.83. The van der Waals surface area contributed by atoms with Crippen molar-refractivity contribution in [2.24, 2.45) is 5.92 Å². The quantitative estimate of drug-likeness (QED) is 0.813. The van der Waals surface area contributed by atoms with Crippen LogP contribution in [0.3, 0.4) is 0 Å². The molecule has 2 aromatic rings. The van der Waals surface area contributed by atoms with Crippen LogP contribution >= 0.6 is 0 Å². The number of benzene rings is 2. The number of fused-ring (bicyclic) bond motifs is 4. The van der Waals surface area contributed by atoms with Crippen molar-refractivity contribution in [3.05, 3.63) is 47.0 Å². The van der Waals surface area contributed by atoms with Crippen molar-refractivity contribution in [3.8, 4) is 17.2 Å². The molecule has 146 valence electrons. The van der Waals surface area contributed by atoms with Gasteiger partial charge >= 0.3 is 5.97 Å². The third kappa shape index (κ3) is 2.35. The van der Waals surface area contributed by atoms with Crippen LogP contribution in [0.15, 0.2) is 30.3 Å². The van der Waals surface area contributed by atoms with Crippen molar-refractivity contribution in [1.82, 2.24) is 0 Å². The molecule has 0 fully saturated rings. The Labute approximate surface area is 162 Å². The largest absolute Gasteiger partial charge is 0.493 e. The van der Waals surface area contributed by atoms with Crippen LogP contribution < -0.4 is 19.5 Å². The number of rotatable bonds is 4. The summed E-state index contributed by atoms with van der Waals surface area (Å²) in [6.45, 7) is 0. The Bertz CT molecular complexity index is 970. The zero-order valence-electron chi connectivity index (χ0n) is 16.1. The molecule has 2 aliphatic rings. The number of hydrogen-bond donors (Lipinski definition) is 1. The molecule has 7 nitrogen and oxygen atoms in total. The number of para-hydroxylation sites is 1. The maximum absolute atomic E-state index is 13.5. The first kappa shape index (κ1) is 18.2. The highest BCUT2D eigenvalue weighted by molar-refractivity contribution is 6.10. The Balaban J connectivity index is 1.96. The van der Waals surface area contributed by atoms with Crippen LogP contribution in [-0.4, -0.2) is 40.2 Å². The highest BCUT2D eigenvalue weighted by atomic mass is 16.5. The number of anilines is 1. The van der Waals surface area contributed by atoms with Crippen molar-refractivity contribution >= 4 is 17.4 Å². The third-order valence-corrected chi connectivity index (χ3v) is 5.52. The van der Waals surface area contributed by atoms with Crippen LogP contribution in [0.2, 0.25) is 0 Å². The van der Waals surface area contributed by atoms with Crippen LogP contribution in [-0.2, 0) is 9.53 Å². The lowest BCUT2D eigenvalue weighted by Crippen LogP contribution is -2.36. The molecule has 1 N–H and O–H groups in total. The Morgan fingerprint density at radius 2 is 1.68 bits per heavy atom. The number of carbonyl (C=O) groups excluding carboxylic acids is 2. The van der Waals surface area contributed by atoms with Gasteiger partial charge in [0, 0.05) is 5.69 Å². The zero-order chi connectivity index (χ0) is 20.0. The van der Waals surface area contributed by atoms with E-state index in [0.29, 0.717) is 28.4 Å². The van der Waals surface area contributed by atoms with Gasteiger partial charge in [-0.2, -0.15) is 0 Å². The van der Waals surface area contributed by atoms with E-state index in [0.717, 1.165) is 11.3 Å². The molecule has 0 aromatic heterocycles. The molecule has 0 saturated carbocycles.